The van der Waals surface area contributed by atoms with E-state index in [9.17, 15) is 22.0 Å². The highest BCUT2D eigenvalue weighted by Crippen LogP contribution is 2.29. The van der Waals surface area contributed by atoms with Gasteiger partial charge in [-0.15, -0.1) is 24.0 Å². The number of guanidine groups is 1. The Balaban J connectivity index is 0.00000364. The number of imidazole rings is 1. The van der Waals surface area contributed by atoms with Crippen LogP contribution in [0.4, 0.5) is 22.0 Å². The third-order valence-corrected chi connectivity index (χ3v) is 3.39. The van der Waals surface area contributed by atoms with E-state index in [1.807, 2.05) is 6.92 Å². The summed E-state index contributed by atoms with van der Waals surface area (Å²) in [6.45, 7) is -0.410. The zero-order chi connectivity index (χ0) is 19.2. The summed E-state index contributed by atoms with van der Waals surface area (Å²) in [4.78, 5) is 8.02. The normalized spacial score (nSPS) is 12.0. The highest BCUT2D eigenvalue weighted by Gasteiger charge is 2.30. The molecule has 0 spiro atoms. The number of aromatic nitrogens is 2. The van der Waals surface area contributed by atoms with Crippen LogP contribution in [0.2, 0.25) is 0 Å². The van der Waals surface area contributed by atoms with Crippen molar-refractivity contribution in [3.05, 3.63) is 53.6 Å². The second-order valence-electron chi connectivity index (χ2n) is 5.28. The van der Waals surface area contributed by atoms with Crippen molar-refractivity contribution in [2.45, 2.75) is 32.7 Å². The van der Waals surface area contributed by atoms with Gasteiger partial charge >= 0.3 is 12.7 Å². The molecule has 0 saturated carbocycles. The third-order valence-electron chi connectivity index (χ3n) is 3.39. The summed E-state index contributed by atoms with van der Waals surface area (Å²) >= 11 is 0. The van der Waals surface area contributed by atoms with Gasteiger partial charge in [-0.3, -0.25) is 4.57 Å². The number of benzene rings is 1. The van der Waals surface area contributed by atoms with E-state index in [0.29, 0.717) is 16.7 Å². The molecule has 0 unspecified atom stereocenters. The van der Waals surface area contributed by atoms with Crippen molar-refractivity contribution in [1.82, 2.24) is 20.2 Å². The zero-order valence-corrected chi connectivity index (χ0v) is 16.6. The summed E-state index contributed by atoms with van der Waals surface area (Å²) < 4.78 is 64.5. The van der Waals surface area contributed by atoms with E-state index < -0.39 is 18.3 Å². The molecular weight excluding hydrogens is 484 g/mol. The smallest absolute Gasteiger partial charge is 0.357 e. The largest absolute Gasteiger partial charge is 0.416 e. The van der Waals surface area contributed by atoms with Crippen molar-refractivity contribution in [3.63, 3.8) is 0 Å². The van der Waals surface area contributed by atoms with Gasteiger partial charge in [0.05, 0.1) is 18.7 Å². The molecule has 2 aromatic rings. The molecule has 0 aliphatic rings. The van der Waals surface area contributed by atoms with Crippen LogP contribution in [0, 0.1) is 0 Å². The van der Waals surface area contributed by atoms with Gasteiger partial charge in [0.15, 0.2) is 5.96 Å². The van der Waals surface area contributed by atoms with Crippen molar-refractivity contribution < 1.29 is 22.0 Å². The van der Waals surface area contributed by atoms with Crippen LogP contribution in [0.3, 0.4) is 0 Å². The molecule has 0 aliphatic carbocycles. The SMILES string of the molecule is CCNC(=NCc1cccc(C(F)(F)F)c1)NCc1nccn1C(F)F.I. The van der Waals surface area contributed by atoms with E-state index in [1.54, 1.807) is 0 Å². The van der Waals surface area contributed by atoms with E-state index in [0.717, 1.165) is 18.3 Å². The Morgan fingerprint density at radius 3 is 2.63 bits per heavy atom. The number of alkyl halides is 5. The fourth-order valence-electron chi connectivity index (χ4n) is 2.18. The maximum atomic E-state index is 12.8. The molecule has 0 bridgehead atoms. The maximum absolute atomic E-state index is 12.8. The van der Waals surface area contributed by atoms with Crippen molar-refractivity contribution in [3.8, 4) is 0 Å². The highest BCUT2D eigenvalue weighted by atomic mass is 127. The maximum Gasteiger partial charge on any atom is 0.416 e. The number of rotatable bonds is 6. The Hall–Kier alpha value is -1.92. The van der Waals surface area contributed by atoms with Crippen LogP contribution in [0.5, 0.6) is 0 Å². The lowest BCUT2D eigenvalue weighted by Crippen LogP contribution is -2.37. The molecule has 0 fully saturated rings. The molecule has 1 aromatic heterocycles. The number of halogens is 6. The van der Waals surface area contributed by atoms with Crippen molar-refractivity contribution in [1.29, 1.82) is 0 Å². The minimum Gasteiger partial charge on any atom is -0.357 e. The zero-order valence-electron chi connectivity index (χ0n) is 14.3. The third kappa shape index (κ3) is 6.96. The Morgan fingerprint density at radius 2 is 2.00 bits per heavy atom. The molecule has 0 atom stereocenters. The minimum absolute atomic E-state index is 0. The topological polar surface area (TPSA) is 54.2 Å². The second kappa shape index (κ2) is 10.4. The predicted molar refractivity (Wildman–Crippen MR) is 102 cm³/mol. The van der Waals surface area contributed by atoms with Crippen LogP contribution in [0.15, 0.2) is 41.7 Å². The van der Waals surface area contributed by atoms with Crippen LogP contribution in [0.25, 0.3) is 0 Å². The molecule has 5 nitrogen and oxygen atoms in total. The summed E-state index contributed by atoms with van der Waals surface area (Å²) in [5, 5.41) is 5.73. The quantitative estimate of drug-likeness (QED) is 0.270. The van der Waals surface area contributed by atoms with Gasteiger partial charge in [0.2, 0.25) is 0 Å². The summed E-state index contributed by atoms with van der Waals surface area (Å²) in [6, 6.07) is 4.86. The van der Waals surface area contributed by atoms with Crippen molar-refractivity contribution >= 4 is 29.9 Å². The minimum atomic E-state index is -4.42. The molecule has 11 heteroatoms. The number of aliphatic imine (C=N–C) groups is 1. The summed E-state index contributed by atoms with van der Waals surface area (Å²) in [5.74, 6) is 0.401. The molecule has 0 amide bonds. The summed E-state index contributed by atoms with van der Waals surface area (Å²) in [7, 11) is 0. The highest BCUT2D eigenvalue weighted by molar-refractivity contribution is 14.0. The number of hydrogen-bond donors (Lipinski definition) is 2. The number of hydrogen-bond acceptors (Lipinski definition) is 2. The lowest BCUT2D eigenvalue weighted by molar-refractivity contribution is -0.137. The molecule has 0 radical (unpaired) electrons. The Bertz CT molecular complexity index is 745. The van der Waals surface area contributed by atoms with Crippen LogP contribution in [0.1, 0.15) is 30.4 Å². The fraction of sp³-hybridized carbons (Fsp3) is 0.375. The molecule has 27 heavy (non-hydrogen) atoms. The van der Waals surface area contributed by atoms with Gasteiger partial charge in [0.25, 0.3) is 0 Å². The van der Waals surface area contributed by atoms with Crippen molar-refractivity contribution in [2.24, 2.45) is 4.99 Å². The van der Waals surface area contributed by atoms with Gasteiger partial charge < -0.3 is 10.6 Å². The van der Waals surface area contributed by atoms with Gasteiger partial charge in [-0.1, -0.05) is 12.1 Å². The lowest BCUT2D eigenvalue weighted by atomic mass is 10.1. The molecule has 150 valence electrons. The van der Waals surface area contributed by atoms with E-state index in [2.05, 4.69) is 20.6 Å². The first-order valence-corrected chi connectivity index (χ1v) is 7.79. The van der Waals surface area contributed by atoms with Crippen LogP contribution < -0.4 is 10.6 Å². The first kappa shape index (κ1) is 23.1. The van der Waals surface area contributed by atoms with Crippen LogP contribution >= 0.6 is 24.0 Å². The van der Waals surface area contributed by atoms with Gasteiger partial charge in [0, 0.05) is 18.9 Å². The van der Waals surface area contributed by atoms with E-state index in [4.69, 9.17) is 0 Å². The Morgan fingerprint density at radius 1 is 1.26 bits per heavy atom. The van der Waals surface area contributed by atoms with Crippen molar-refractivity contribution in [2.75, 3.05) is 6.54 Å². The second-order valence-corrected chi connectivity index (χ2v) is 5.28. The van der Waals surface area contributed by atoms with E-state index in [-0.39, 0.29) is 48.9 Å². The molecule has 2 rings (SSSR count). The van der Waals surface area contributed by atoms with Gasteiger partial charge in [0.1, 0.15) is 5.82 Å². The summed E-state index contributed by atoms with van der Waals surface area (Å²) in [5.41, 5.74) is -0.367. The average molecular weight is 503 g/mol. The Kier molecular flexibility index (Phi) is 8.93. The van der Waals surface area contributed by atoms with Gasteiger partial charge in [-0.05, 0) is 24.6 Å². The van der Waals surface area contributed by atoms with Gasteiger partial charge in [-0.2, -0.15) is 22.0 Å². The molecule has 2 N–H and O–H groups in total. The van der Waals surface area contributed by atoms with Gasteiger partial charge in [-0.25, -0.2) is 9.98 Å². The number of nitrogens with one attached hydrogen (secondary N) is 2. The predicted octanol–water partition coefficient (Wildman–Crippen LogP) is 4.17. The lowest BCUT2D eigenvalue weighted by Gasteiger charge is -2.12. The number of nitrogens with zero attached hydrogens (tertiary/aromatic N) is 3. The molecule has 0 saturated heterocycles. The fourth-order valence-corrected chi connectivity index (χ4v) is 2.18. The summed E-state index contributed by atoms with van der Waals surface area (Å²) in [6.07, 6.45) is -2.00. The Labute approximate surface area is 170 Å². The first-order valence-electron chi connectivity index (χ1n) is 7.79. The molecule has 0 aliphatic heterocycles. The van der Waals surface area contributed by atoms with E-state index >= 15 is 0 Å². The first-order chi connectivity index (χ1) is 12.3. The average Bonchev–Trinajstić information content (AvgIpc) is 3.06. The van der Waals surface area contributed by atoms with Crippen LogP contribution in [-0.4, -0.2) is 22.1 Å². The molecule has 1 heterocycles. The standard InChI is InChI=1S/C16H18F5N5.HI/c1-2-22-15(25-10-13-23-6-7-26(13)14(17)18)24-9-11-4-3-5-12(8-11)16(19,20)21;/h3-8,14H,2,9-10H2,1H3,(H2,22,24,25);1H. The molecule has 1 aromatic carbocycles. The van der Waals surface area contributed by atoms with E-state index in [1.165, 1.54) is 18.3 Å². The van der Waals surface area contributed by atoms with Crippen LogP contribution in [-0.2, 0) is 19.3 Å². The molecular formula is C16H19F5IN5. The monoisotopic (exact) mass is 503 g/mol.